The van der Waals surface area contributed by atoms with Crippen molar-refractivity contribution < 1.29 is 9.32 Å². The Morgan fingerprint density at radius 2 is 2.05 bits per heavy atom. The van der Waals surface area contributed by atoms with Crippen LogP contribution in [0.25, 0.3) is 11.4 Å². The molecule has 0 unspecified atom stereocenters. The van der Waals surface area contributed by atoms with E-state index in [0.29, 0.717) is 24.3 Å². The van der Waals surface area contributed by atoms with Crippen LogP contribution in [0.4, 0.5) is 6.01 Å². The molecule has 0 aliphatic carbocycles. The molecule has 0 saturated carbocycles. The Balaban J connectivity index is 1.55. The zero-order valence-electron chi connectivity index (χ0n) is 12.5. The summed E-state index contributed by atoms with van der Waals surface area (Å²) in [7, 11) is 1.88. The second kappa shape index (κ2) is 5.12. The Kier molecular flexibility index (Phi) is 3.10. The number of aromatic nitrogens is 2. The number of fused-ring (bicyclic) bond motifs is 1. The van der Waals surface area contributed by atoms with Gasteiger partial charge in [-0.3, -0.25) is 4.79 Å². The van der Waals surface area contributed by atoms with Crippen molar-refractivity contribution in [2.45, 2.75) is 6.42 Å². The van der Waals surface area contributed by atoms with Crippen molar-refractivity contribution in [2.75, 3.05) is 31.6 Å². The first kappa shape index (κ1) is 13.3. The molecule has 0 spiro atoms. The van der Waals surface area contributed by atoms with Gasteiger partial charge in [0, 0.05) is 32.2 Å². The van der Waals surface area contributed by atoms with Gasteiger partial charge in [0.05, 0.1) is 5.92 Å². The van der Waals surface area contributed by atoms with Crippen LogP contribution in [0, 0.1) is 11.8 Å². The number of carbonyl (C=O) groups is 1. The number of piperidine rings is 1. The SMILES string of the molecule is CN1CC[C@@H]2CN(c3nc(-c4ccccc4)no3)C[C@@H]2C1=O. The molecule has 2 aliphatic rings. The highest BCUT2D eigenvalue weighted by molar-refractivity contribution is 5.81. The Labute approximate surface area is 128 Å². The van der Waals surface area contributed by atoms with Gasteiger partial charge < -0.3 is 14.3 Å². The highest BCUT2D eigenvalue weighted by Crippen LogP contribution is 2.34. The third-order valence-electron chi connectivity index (χ3n) is 4.69. The van der Waals surface area contributed by atoms with E-state index in [9.17, 15) is 4.79 Å². The van der Waals surface area contributed by atoms with Crippen LogP contribution in [0.15, 0.2) is 34.9 Å². The van der Waals surface area contributed by atoms with Crippen molar-refractivity contribution in [2.24, 2.45) is 11.8 Å². The fourth-order valence-electron chi connectivity index (χ4n) is 3.40. The number of benzene rings is 1. The molecule has 4 rings (SSSR count). The van der Waals surface area contributed by atoms with Crippen LogP contribution in [0.5, 0.6) is 0 Å². The van der Waals surface area contributed by atoms with Gasteiger partial charge in [-0.15, -0.1) is 0 Å². The summed E-state index contributed by atoms with van der Waals surface area (Å²) in [5.74, 6) is 1.29. The molecule has 1 aromatic heterocycles. The van der Waals surface area contributed by atoms with Crippen molar-refractivity contribution >= 4 is 11.9 Å². The molecule has 2 aliphatic heterocycles. The second-order valence-corrected chi connectivity index (χ2v) is 6.09. The van der Waals surface area contributed by atoms with E-state index in [4.69, 9.17) is 4.52 Å². The predicted octanol–water partition coefficient (Wildman–Crippen LogP) is 1.65. The zero-order chi connectivity index (χ0) is 15.1. The number of hydrogen-bond donors (Lipinski definition) is 0. The molecular weight excluding hydrogens is 280 g/mol. The van der Waals surface area contributed by atoms with E-state index in [1.54, 1.807) is 0 Å². The fourth-order valence-corrected chi connectivity index (χ4v) is 3.40. The summed E-state index contributed by atoms with van der Waals surface area (Å²) in [5, 5.41) is 4.06. The largest absolute Gasteiger partial charge is 0.345 e. The number of rotatable bonds is 2. The van der Waals surface area contributed by atoms with Gasteiger partial charge in [0.1, 0.15) is 0 Å². The van der Waals surface area contributed by atoms with Crippen LogP contribution in [-0.4, -0.2) is 47.6 Å². The molecule has 114 valence electrons. The molecule has 6 heteroatoms. The van der Waals surface area contributed by atoms with Crippen LogP contribution < -0.4 is 4.90 Å². The van der Waals surface area contributed by atoms with Crippen LogP contribution in [0.1, 0.15) is 6.42 Å². The van der Waals surface area contributed by atoms with Gasteiger partial charge in [-0.2, -0.15) is 4.98 Å². The first-order valence-corrected chi connectivity index (χ1v) is 7.61. The Morgan fingerprint density at radius 1 is 1.23 bits per heavy atom. The van der Waals surface area contributed by atoms with E-state index in [1.807, 2.05) is 47.2 Å². The Bertz CT molecular complexity index is 684. The summed E-state index contributed by atoms with van der Waals surface area (Å²) in [5.41, 5.74) is 0.935. The first-order chi connectivity index (χ1) is 10.7. The van der Waals surface area contributed by atoms with Crippen molar-refractivity contribution in [3.63, 3.8) is 0 Å². The number of nitrogens with zero attached hydrogens (tertiary/aromatic N) is 4. The quantitative estimate of drug-likeness (QED) is 0.843. The number of hydrogen-bond acceptors (Lipinski definition) is 5. The molecule has 2 fully saturated rings. The molecule has 1 aromatic carbocycles. The normalized spacial score (nSPS) is 24.7. The molecule has 6 nitrogen and oxygen atoms in total. The van der Waals surface area contributed by atoms with Crippen LogP contribution >= 0.6 is 0 Å². The highest BCUT2D eigenvalue weighted by atomic mass is 16.5. The number of amides is 1. The van der Waals surface area contributed by atoms with Crippen LogP contribution in [-0.2, 0) is 4.79 Å². The summed E-state index contributed by atoms with van der Waals surface area (Å²) < 4.78 is 5.41. The monoisotopic (exact) mass is 298 g/mol. The molecule has 2 saturated heterocycles. The number of likely N-dealkylation sites (tertiary alicyclic amines) is 1. The molecule has 3 heterocycles. The van der Waals surface area contributed by atoms with Crippen molar-refractivity contribution in [1.82, 2.24) is 15.0 Å². The summed E-state index contributed by atoms with van der Waals surface area (Å²) >= 11 is 0. The molecule has 0 radical (unpaired) electrons. The fraction of sp³-hybridized carbons (Fsp3) is 0.438. The van der Waals surface area contributed by atoms with E-state index in [-0.39, 0.29) is 11.8 Å². The lowest BCUT2D eigenvalue weighted by molar-refractivity contribution is -0.137. The van der Waals surface area contributed by atoms with E-state index in [0.717, 1.165) is 25.1 Å². The van der Waals surface area contributed by atoms with Gasteiger partial charge in [-0.05, 0) is 12.3 Å². The molecule has 2 atom stereocenters. The molecule has 0 bridgehead atoms. The minimum absolute atomic E-state index is 0.0609. The third kappa shape index (κ3) is 2.15. The van der Waals surface area contributed by atoms with E-state index >= 15 is 0 Å². The predicted molar refractivity (Wildman–Crippen MR) is 81.2 cm³/mol. The van der Waals surface area contributed by atoms with Gasteiger partial charge in [-0.1, -0.05) is 35.5 Å². The summed E-state index contributed by atoms with van der Waals surface area (Å²) in [6.07, 6.45) is 1.04. The van der Waals surface area contributed by atoms with Crippen LogP contribution in [0.2, 0.25) is 0 Å². The Morgan fingerprint density at radius 3 is 2.86 bits per heavy atom. The lowest BCUT2D eigenvalue weighted by Crippen LogP contribution is -2.42. The van der Waals surface area contributed by atoms with E-state index in [2.05, 4.69) is 10.1 Å². The summed E-state index contributed by atoms with van der Waals surface area (Å²) in [6.45, 7) is 2.33. The van der Waals surface area contributed by atoms with Crippen molar-refractivity contribution in [3.8, 4) is 11.4 Å². The molecule has 1 amide bonds. The number of carbonyl (C=O) groups excluding carboxylic acids is 1. The maximum atomic E-state index is 12.2. The minimum Gasteiger partial charge on any atom is -0.345 e. The maximum absolute atomic E-state index is 12.2. The van der Waals surface area contributed by atoms with Crippen LogP contribution in [0.3, 0.4) is 0 Å². The van der Waals surface area contributed by atoms with Gasteiger partial charge in [0.15, 0.2) is 0 Å². The van der Waals surface area contributed by atoms with Gasteiger partial charge in [0.2, 0.25) is 11.7 Å². The second-order valence-electron chi connectivity index (χ2n) is 6.09. The Hall–Kier alpha value is -2.37. The summed E-state index contributed by atoms with van der Waals surface area (Å²) in [6, 6.07) is 10.3. The van der Waals surface area contributed by atoms with Crippen molar-refractivity contribution in [3.05, 3.63) is 30.3 Å². The topological polar surface area (TPSA) is 62.5 Å². The standard InChI is InChI=1S/C16H18N4O2/c1-19-8-7-12-9-20(10-13(12)15(19)21)16-17-14(18-22-16)11-5-3-2-4-6-11/h2-6,12-13H,7-10H2,1H3/t12-,13+/m1/s1. The average Bonchev–Trinajstić information content (AvgIpc) is 3.19. The molecular formula is C16H18N4O2. The average molecular weight is 298 g/mol. The smallest absolute Gasteiger partial charge is 0.324 e. The molecule has 2 aromatic rings. The molecule has 0 N–H and O–H groups in total. The lowest BCUT2D eigenvalue weighted by Gasteiger charge is -2.30. The van der Waals surface area contributed by atoms with Gasteiger partial charge >= 0.3 is 6.01 Å². The van der Waals surface area contributed by atoms with E-state index < -0.39 is 0 Å². The van der Waals surface area contributed by atoms with E-state index in [1.165, 1.54) is 0 Å². The van der Waals surface area contributed by atoms with Crippen molar-refractivity contribution in [1.29, 1.82) is 0 Å². The zero-order valence-corrected chi connectivity index (χ0v) is 12.5. The first-order valence-electron chi connectivity index (χ1n) is 7.61. The molecule has 22 heavy (non-hydrogen) atoms. The lowest BCUT2D eigenvalue weighted by atomic mass is 9.88. The third-order valence-corrected chi connectivity index (χ3v) is 4.69. The number of anilines is 1. The highest BCUT2D eigenvalue weighted by Gasteiger charge is 2.43. The van der Waals surface area contributed by atoms with Gasteiger partial charge in [-0.25, -0.2) is 0 Å². The maximum Gasteiger partial charge on any atom is 0.324 e. The summed E-state index contributed by atoms with van der Waals surface area (Å²) in [4.78, 5) is 20.6. The minimum atomic E-state index is 0.0609. The van der Waals surface area contributed by atoms with Gasteiger partial charge in [0.25, 0.3) is 0 Å².